The second-order valence-electron chi connectivity index (χ2n) is 10.1. The summed E-state index contributed by atoms with van der Waals surface area (Å²) in [6, 6.07) is 11.5. The number of hydrogen-bond acceptors (Lipinski definition) is 5. The number of benzene rings is 2. The molecule has 0 fully saturated rings. The third-order valence-electron chi connectivity index (χ3n) is 5.63. The van der Waals surface area contributed by atoms with Crippen LogP contribution in [0.3, 0.4) is 0 Å². The van der Waals surface area contributed by atoms with Gasteiger partial charge in [-0.15, -0.1) is 0 Å². The number of phenolic OH excluding ortho intramolecular Hbond substituents is 1. The maximum absolute atomic E-state index is 13.2. The van der Waals surface area contributed by atoms with E-state index in [-0.39, 0.29) is 18.1 Å². The third-order valence-corrected chi connectivity index (χ3v) is 5.63. The Hall–Kier alpha value is -3.55. The second-order valence-corrected chi connectivity index (χ2v) is 10.1. The molecule has 1 unspecified atom stereocenters. The molecule has 36 heavy (non-hydrogen) atoms. The van der Waals surface area contributed by atoms with Crippen LogP contribution in [-0.2, 0) is 27.2 Å². The van der Waals surface area contributed by atoms with Crippen LogP contribution in [0.25, 0.3) is 0 Å². The number of ether oxygens (including phenoxy) is 1. The van der Waals surface area contributed by atoms with Gasteiger partial charge in [-0.05, 0) is 88.8 Å². The number of aryl methyl sites for hydroxylation is 3. The average Bonchev–Trinajstić information content (AvgIpc) is 2.77. The summed E-state index contributed by atoms with van der Waals surface area (Å²) in [5.74, 6) is -0.670. The lowest BCUT2D eigenvalue weighted by Crippen LogP contribution is -2.54. The van der Waals surface area contributed by atoms with E-state index in [0.717, 1.165) is 29.5 Å². The molecule has 2 aromatic carbocycles. The first-order valence-electron chi connectivity index (χ1n) is 12.3. The quantitative estimate of drug-likeness (QED) is 0.374. The Bertz CT molecular complexity index is 1020. The van der Waals surface area contributed by atoms with E-state index >= 15 is 0 Å². The van der Waals surface area contributed by atoms with Crippen molar-refractivity contribution in [3.63, 3.8) is 0 Å². The Balaban J connectivity index is 2.02. The van der Waals surface area contributed by atoms with Crippen molar-refractivity contribution in [2.24, 2.45) is 0 Å². The average molecular weight is 498 g/mol. The van der Waals surface area contributed by atoms with E-state index in [1.165, 1.54) is 5.56 Å². The molecule has 2 rings (SSSR count). The van der Waals surface area contributed by atoms with E-state index in [4.69, 9.17) is 4.74 Å². The Morgan fingerprint density at radius 1 is 0.972 bits per heavy atom. The molecule has 0 radical (unpaired) electrons. The van der Waals surface area contributed by atoms with E-state index in [0.29, 0.717) is 6.54 Å². The fourth-order valence-electron chi connectivity index (χ4n) is 3.84. The van der Waals surface area contributed by atoms with Crippen LogP contribution in [-0.4, -0.2) is 47.2 Å². The number of carbonyl (C=O) groups is 3. The zero-order valence-corrected chi connectivity index (χ0v) is 22.1. The van der Waals surface area contributed by atoms with Crippen molar-refractivity contribution in [1.82, 2.24) is 16.0 Å². The number of rotatable bonds is 10. The highest BCUT2D eigenvalue weighted by molar-refractivity contribution is 5.91. The number of carbonyl (C=O) groups excluding carboxylic acids is 3. The lowest BCUT2D eigenvalue weighted by Gasteiger charge is -2.25. The number of nitrogens with one attached hydrogen (secondary N) is 3. The molecule has 196 valence electrons. The van der Waals surface area contributed by atoms with Crippen molar-refractivity contribution in [2.45, 2.75) is 78.5 Å². The van der Waals surface area contributed by atoms with Gasteiger partial charge in [-0.2, -0.15) is 0 Å². The summed E-state index contributed by atoms with van der Waals surface area (Å²) in [5.41, 5.74) is 2.87. The fraction of sp³-hybridized carbons (Fsp3) is 0.464. The Morgan fingerprint density at radius 3 is 2.17 bits per heavy atom. The lowest BCUT2D eigenvalue weighted by atomic mass is 9.95. The maximum atomic E-state index is 13.2. The van der Waals surface area contributed by atoms with Gasteiger partial charge in [0.25, 0.3) is 0 Å². The zero-order valence-electron chi connectivity index (χ0n) is 22.1. The minimum Gasteiger partial charge on any atom is -0.508 e. The summed E-state index contributed by atoms with van der Waals surface area (Å²) in [4.78, 5) is 38.2. The monoisotopic (exact) mass is 497 g/mol. The maximum Gasteiger partial charge on any atom is 0.408 e. The van der Waals surface area contributed by atoms with Crippen LogP contribution in [0.4, 0.5) is 4.79 Å². The predicted molar refractivity (Wildman–Crippen MR) is 140 cm³/mol. The molecule has 0 saturated heterocycles. The van der Waals surface area contributed by atoms with E-state index in [1.807, 2.05) is 44.2 Å². The largest absolute Gasteiger partial charge is 0.508 e. The molecule has 2 atom stereocenters. The van der Waals surface area contributed by atoms with Crippen LogP contribution < -0.4 is 16.0 Å². The molecule has 4 N–H and O–H groups in total. The van der Waals surface area contributed by atoms with E-state index in [2.05, 4.69) is 16.0 Å². The molecule has 0 saturated carbocycles. The van der Waals surface area contributed by atoms with Crippen LogP contribution in [0, 0.1) is 13.8 Å². The molecular weight excluding hydrogens is 458 g/mol. The standard InChI is InChI=1S/C28H39N3O5/c1-18-15-22(32)16-19(2)23(18)17-24(31-27(35)36-28(4,5)6)26(34)30-20(3)25(33)29-14-10-13-21-11-8-7-9-12-21/h7-9,11-12,15-16,20,24,32H,10,13-14,17H2,1-6H3,(H,29,33)(H,30,34)(H,31,35)/t20-,24?/m1/s1. The molecule has 0 aromatic heterocycles. The normalized spacial score (nSPS) is 12.8. The minimum atomic E-state index is -0.977. The topological polar surface area (TPSA) is 117 Å². The van der Waals surface area contributed by atoms with Gasteiger partial charge in [0.1, 0.15) is 23.4 Å². The van der Waals surface area contributed by atoms with Crippen LogP contribution in [0.15, 0.2) is 42.5 Å². The van der Waals surface area contributed by atoms with Gasteiger partial charge in [-0.25, -0.2) is 4.79 Å². The van der Waals surface area contributed by atoms with Crippen molar-refractivity contribution < 1.29 is 24.2 Å². The smallest absolute Gasteiger partial charge is 0.408 e. The number of alkyl carbamates (subject to hydrolysis) is 1. The molecule has 3 amide bonds. The highest BCUT2D eigenvalue weighted by atomic mass is 16.6. The molecule has 0 bridgehead atoms. The van der Waals surface area contributed by atoms with Gasteiger partial charge in [0.2, 0.25) is 11.8 Å². The van der Waals surface area contributed by atoms with Gasteiger partial charge >= 0.3 is 6.09 Å². The molecule has 8 nitrogen and oxygen atoms in total. The van der Waals surface area contributed by atoms with Crippen LogP contribution in [0.2, 0.25) is 0 Å². The van der Waals surface area contributed by atoms with Crippen molar-refractivity contribution in [3.8, 4) is 5.75 Å². The zero-order chi connectivity index (χ0) is 26.9. The first kappa shape index (κ1) is 28.7. The van der Waals surface area contributed by atoms with Crippen LogP contribution in [0.1, 0.15) is 56.4 Å². The molecule has 0 heterocycles. The van der Waals surface area contributed by atoms with Gasteiger partial charge in [-0.1, -0.05) is 30.3 Å². The molecule has 0 aliphatic carbocycles. The summed E-state index contributed by atoms with van der Waals surface area (Å²) in [5, 5.41) is 18.0. The van der Waals surface area contributed by atoms with Gasteiger partial charge in [-0.3, -0.25) is 9.59 Å². The molecular formula is C28H39N3O5. The lowest BCUT2D eigenvalue weighted by molar-refractivity contribution is -0.129. The summed E-state index contributed by atoms with van der Waals surface area (Å²) in [7, 11) is 0. The minimum absolute atomic E-state index is 0.132. The van der Waals surface area contributed by atoms with Crippen molar-refractivity contribution >= 4 is 17.9 Å². The van der Waals surface area contributed by atoms with E-state index < -0.39 is 29.7 Å². The first-order chi connectivity index (χ1) is 16.9. The van der Waals surface area contributed by atoms with Crippen molar-refractivity contribution in [3.05, 3.63) is 64.7 Å². The fourth-order valence-corrected chi connectivity index (χ4v) is 3.84. The number of aromatic hydroxyl groups is 1. The third kappa shape index (κ3) is 9.60. The van der Waals surface area contributed by atoms with Crippen molar-refractivity contribution in [2.75, 3.05) is 6.54 Å². The number of hydrogen-bond donors (Lipinski definition) is 4. The molecule has 0 spiro atoms. The summed E-state index contributed by atoms with van der Waals surface area (Å²) in [6.45, 7) is 11.0. The van der Waals surface area contributed by atoms with Gasteiger partial charge < -0.3 is 25.8 Å². The number of phenols is 1. The Kier molecular flexibility index (Phi) is 10.3. The first-order valence-corrected chi connectivity index (χ1v) is 12.3. The summed E-state index contributed by atoms with van der Waals surface area (Å²) in [6.07, 6.45) is 1.07. The van der Waals surface area contributed by atoms with Gasteiger partial charge in [0.05, 0.1) is 0 Å². The Morgan fingerprint density at radius 2 is 1.58 bits per heavy atom. The van der Waals surface area contributed by atoms with Crippen LogP contribution >= 0.6 is 0 Å². The highest BCUT2D eigenvalue weighted by Gasteiger charge is 2.28. The van der Waals surface area contributed by atoms with Gasteiger partial charge in [0, 0.05) is 13.0 Å². The summed E-state index contributed by atoms with van der Waals surface area (Å²) < 4.78 is 5.34. The molecule has 8 heteroatoms. The SMILES string of the molecule is Cc1cc(O)cc(C)c1CC(NC(=O)OC(C)(C)C)C(=O)N[C@H](C)C(=O)NCCCc1ccccc1. The van der Waals surface area contributed by atoms with Crippen molar-refractivity contribution in [1.29, 1.82) is 0 Å². The predicted octanol–water partition coefficient (Wildman–Crippen LogP) is 3.70. The van der Waals surface area contributed by atoms with Crippen LogP contribution in [0.5, 0.6) is 5.75 Å². The molecule has 0 aliphatic rings. The van der Waals surface area contributed by atoms with Gasteiger partial charge in [0.15, 0.2) is 0 Å². The molecule has 0 aliphatic heterocycles. The Labute approximate surface area is 213 Å². The van der Waals surface area contributed by atoms with E-state index in [9.17, 15) is 19.5 Å². The van der Waals surface area contributed by atoms with E-state index in [1.54, 1.807) is 39.8 Å². The number of amides is 3. The summed E-state index contributed by atoms with van der Waals surface area (Å²) >= 11 is 0. The molecule has 2 aromatic rings. The highest BCUT2D eigenvalue weighted by Crippen LogP contribution is 2.22. The second kappa shape index (κ2) is 13.0.